The lowest BCUT2D eigenvalue weighted by molar-refractivity contribution is 0.0945. The third kappa shape index (κ3) is 5.54. The van der Waals surface area contributed by atoms with Gasteiger partial charge >= 0.3 is 0 Å². The molecule has 2 aromatic carbocycles. The summed E-state index contributed by atoms with van der Waals surface area (Å²) in [5.41, 5.74) is 4.62. The second-order valence-electron chi connectivity index (χ2n) is 6.82. The molecule has 0 bridgehead atoms. The maximum atomic E-state index is 12.3. The summed E-state index contributed by atoms with van der Waals surface area (Å²) in [6.45, 7) is 8.72. The van der Waals surface area contributed by atoms with Gasteiger partial charge in [-0.25, -0.2) is 0 Å². The maximum absolute atomic E-state index is 12.3. The third-order valence-electron chi connectivity index (χ3n) is 4.70. The highest BCUT2D eigenvalue weighted by Crippen LogP contribution is 2.20. The summed E-state index contributed by atoms with van der Waals surface area (Å²) in [6, 6.07) is 19.6. The van der Waals surface area contributed by atoms with Crippen molar-refractivity contribution in [1.29, 1.82) is 0 Å². The molecule has 0 saturated heterocycles. The fourth-order valence-corrected chi connectivity index (χ4v) is 3.11. The van der Waals surface area contributed by atoms with Gasteiger partial charge in [-0.2, -0.15) is 0 Å². The van der Waals surface area contributed by atoms with E-state index in [1.165, 1.54) is 5.69 Å². The molecule has 1 amide bonds. The molecular formula is C23H27N5O. The summed E-state index contributed by atoms with van der Waals surface area (Å²) in [4.78, 5) is 14.6. The molecule has 2 N–H and O–H groups in total. The number of amides is 1. The number of nitrogens with one attached hydrogen (secondary N) is 2. The summed E-state index contributed by atoms with van der Waals surface area (Å²) in [5, 5.41) is 14.3. The summed E-state index contributed by atoms with van der Waals surface area (Å²) >= 11 is 0. The number of aromatic nitrogens is 2. The zero-order valence-corrected chi connectivity index (χ0v) is 17.1. The topological polar surface area (TPSA) is 70.2 Å². The average Bonchev–Trinajstić information content (AvgIpc) is 2.75. The van der Waals surface area contributed by atoms with Crippen molar-refractivity contribution in [3.63, 3.8) is 0 Å². The van der Waals surface area contributed by atoms with Gasteiger partial charge in [0.15, 0.2) is 11.5 Å². The van der Waals surface area contributed by atoms with Crippen LogP contribution in [0, 0.1) is 6.92 Å². The quantitative estimate of drug-likeness (QED) is 0.601. The van der Waals surface area contributed by atoms with Gasteiger partial charge in [0, 0.05) is 31.0 Å². The van der Waals surface area contributed by atoms with Crippen LogP contribution in [0.3, 0.4) is 0 Å². The number of hydrogen-bond acceptors (Lipinski definition) is 5. The Kier molecular flexibility index (Phi) is 6.79. The van der Waals surface area contributed by atoms with Crippen LogP contribution in [0.5, 0.6) is 0 Å². The van der Waals surface area contributed by atoms with E-state index in [1.807, 2.05) is 43.3 Å². The van der Waals surface area contributed by atoms with E-state index in [0.29, 0.717) is 18.1 Å². The van der Waals surface area contributed by atoms with Gasteiger partial charge in [0.05, 0.1) is 0 Å². The number of anilines is 3. The fourth-order valence-electron chi connectivity index (χ4n) is 3.11. The number of carbonyl (C=O) groups is 1. The van der Waals surface area contributed by atoms with Crippen molar-refractivity contribution in [1.82, 2.24) is 15.5 Å². The minimum absolute atomic E-state index is 0.242. The van der Waals surface area contributed by atoms with Gasteiger partial charge in [-0.15, -0.1) is 10.2 Å². The summed E-state index contributed by atoms with van der Waals surface area (Å²) in [5.74, 6) is 0.352. The maximum Gasteiger partial charge on any atom is 0.272 e. The number of carbonyl (C=O) groups excluding carboxylic acids is 1. The molecule has 3 rings (SSSR count). The second-order valence-corrected chi connectivity index (χ2v) is 6.82. The number of nitrogens with zero attached hydrogens (tertiary/aromatic N) is 3. The van der Waals surface area contributed by atoms with Crippen LogP contribution in [0.1, 0.15) is 35.5 Å². The second kappa shape index (κ2) is 9.68. The predicted molar refractivity (Wildman–Crippen MR) is 118 cm³/mol. The van der Waals surface area contributed by atoms with Crippen molar-refractivity contribution >= 4 is 23.1 Å². The lowest BCUT2D eigenvalue weighted by atomic mass is 10.1. The molecule has 0 atom stereocenters. The smallest absolute Gasteiger partial charge is 0.272 e. The summed E-state index contributed by atoms with van der Waals surface area (Å²) in [7, 11) is 0. The summed E-state index contributed by atoms with van der Waals surface area (Å²) < 4.78 is 0. The van der Waals surface area contributed by atoms with Crippen molar-refractivity contribution in [3.05, 3.63) is 77.5 Å². The first-order valence-corrected chi connectivity index (χ1v) is 9.88. The molecule has 0 aliphatic carbocycles. The first kappa shape index (κ1) is 20.3. The van der Waals surface area contributed by atoms with Gasteiger partial charge < -0.3 is 15.5 Å². The van der Waals surface area contributed by atoms with E-state index in [4.69, 9.17) is 0 Å². The Morgan fingerprint density at radius 2 is 1.72 bits per heavy atom. The summed E-state index contributed by atoms with van der Waals surface area (Å²) in [6.07, 6.45) is 0. The molecule has 29 heavy (non-hydrogen) atoms. The predicted octanol–water partition coefficient (Wildman–Crippen LogP) is 4.30. The Balaban J connectivity index is 1.57. The van der Waals surface area contributed by atoms with Crippen LogP contribution in [0.15, 0.2) is 60.7 Å². The van der Waals surface area contributed by atoms with E-state index in [9.17, 15) is 4.79 Å². The number of aryl methyl sites for hydroxylation is 1. The van der Waals surface area contributed by atoms with E-state index in [1.54, 1.807) is 12.1 Å². The molecule has 1 aromatic heterocycles. The molecule has 6 heteroatoms. The molecule has 0 aliphatic heterocycles. The normalized spacial score (nSPS) is 10.4. The van der Waals surface area contributed by atoms with Gasteiger partial charge in [0.1, 0.15) is 0 Å². The van der Waals surface area contributed by atoms with Crippen LogP contribution >= 0.6 is 0 Å². The van der Waals surface area contributed by atoms with Gasteiger partial charge in [-0.3, -0.25) is 4.79 Å². The first-order chi connectivity index (χ1) is 14.1. The van der Waals surface area contributed by atoms with Gasteiger partial charge in [-0.05, 0) is 62.7 Å². The molecule has 0 radical (unpaired) electrons. The van der Waals surface area contributed by atoms with Crippen LogP contribution in [-0.4, -0.2) is 29.2 Å². The van der Waals surface area contributed by atoms with E-state index >= 15 is 0 Å². The molecule has 0 fully saturated rings. The van der Waals surface area contributed by atoms with Crippen LogP contribution in [-0.2, 0) is 6.54 Å². The Hall–Kier alpha value is -3.41. The van der Waals surface area contributed by atoms with Crippen molar-refractivity contribution in [3.8, 4) is 0 Å². The molecule has 6 nitrogen and oxygen atoms in total. The largest absolute Gasteiger partial charge is 0.372 e. The number of benzene rings is 2. The van der Waals surface area contributed by atoms with Crippen molar-refractivity contribution < 1.29 is 4.79 Å². The standard InChI is InChI=1S/C23H27N5O/c1-4-28(5-2)20-11-9-19(10-12-20)25-22-14-13-21(26-27-22)23(29)24-16-18-8-6-7-17(3)15-18/h6-15H,4-5,16H2,1-3H3,(H,24,29)(H,25,27). The SMILES string of the molecule is CCN(CC)c1ccc(Nc2ccc(C(=O)NCc3cccc(C)c3)nn2)cc1. The highest BCUT2D eigenvalue weighted by molar-refractivity contribution is 5.92. The molecule has 0 saturated carbocycles. The van der Waals surface area contributed by atoms with E-state index in [0.717, 1.165) is 29.9 Å². The minimum Gasteiger partial charge on any atom is -0.372 e. The Labute approximate surface area is 172 Å². The van der Waals surface area contributed by atoms with E-state index in [2.05, 4.69) is 51.7 Å². The van der Waals surface area contributed by atoms with Gasteiger partial charge in [0.2, 0.25) is 0 Å². The minimum atomic E-state index is -0.242. The number of rotatable bonds is 8. The molecule has 0 aliphatic rings. The van der Waals surface area contributed by atoms with Crippen LogP contribution in [0.2, 0.25) is 0 Å². The number of hydrogen-bond donors (Lipinski definition) is 2. The first-order valence-electron chi connectivity index (χ1n) is 9.88. The molecule has 0 spiro atoms. The molecule has 1 heterocycles. The Bertz CT molecular complexity index is 934. The van der Waals surface area contributed by atoms with E-state index in [-0.39, 0.29) is 5.91 Å². The lowest BCUT2D eigenvalue weighted by Crippen LogP contribution is -2.24. The zero-order chi connectivity index (χ0) is 20.6. The Morgan fingerprint density at radius 1 is 0.966 bits per heavy atom. The molecule has 0 unspecified atom stereocenters. The molecular weight excluding hydrogens is 362 g/mol. The fraction of sp³-hybridized carbons (Fsp3) is 0.261. The van der Waals surface area contributed by atoms with E-state index < -0.39 is 0 Å². The Morgan fingerprint density at radius 3 is 2.34 bits per heavy atom. The van der Waals surface area contributed by atoms with Crippen molar-refractivity contribution in [2.24, 2.45) is 0 Å². The van der Waals surface area contributed by atoms with Gasteiger partial charge in [-0.1, -0.05) is 29.8 Å². The van der Waals surface area contributed by atoms with Crippen LogP contribution in [0.25, 0.3) is 0 Å². The zero-order valence-electron chi connectivity index (χ0n) is 17.1. The third-order valence-corrected chi connectivity index (χ3v) is 4.70. The average molecular weight is 390 g/mol. The van der Waals surface area contributed by atoms with Crippen LogP contribution in [0.4, 0.5) is 17.2 Å². The van der Waals surface area contributed by atoms with Crippen molar-refractivity contribution in [2.75, 3.05) is 23.3 Å². The lowest BCUT2D eigenvalue weighted by Gasteiger charge is -2.21. The van der Waals surface area contributed by atoms with Gasteiger partial charge in [0.25, 0.3) is 5.91 Å². The highest BCUT2D eigenvalue weighted by Gasteiger charge is 2.08. The monoisotopic (exact) mass is 389 g/mol. The molecule has 3 aromatic rings. The van der Waals surface area contributed by atoms with Crippen molar-refractivity contribution in [2.45, 2.75) is 27.3 Å². The van der Waals surface area contributed by atoms with Crippen LogP contribution < -0.4 is 15.5 Å². The highest BCUT2D eigenvalue weighted by atomic mass is 16.1. The molecule has 150 valence electrons.